The molecule has 0 saturated heterocycles. The van der Waals surface area contributed by atoms with E-state index in [2.05, 4.69) is 20.1 Å². The molecule has 0 saturated carbocycles. The lowest BCUT2D eigenvalue weighted by Crippen LogP contribution is -2.16. The number of hydrazine groups is 1. The number of hydrogen-bond donors (Lipinski definition) is 3. The quantitative estimate of drug-likeness (QED) is 0.577. The largest absolute Gasteiger partial charge is 0.292 e. The molecule has 0 bridgehead atoms. The topological polar surface area (TPSA) is 110 Å². The fraction of sp³-hybridized carbons (Fsp3) is 0.167. The first-order chi connectivity index (χ1) is 9.42. The van der Waals surface area contributed by atoms with Crippen molar-refractivity contribution in [3.63, 3.8) is 0 Å². The standard InChI is InChI=1S/C12H15N5O2S/c1-8-3-4-9(2)11(5-8)17-20(18,19)10-6-14-12(16-13)15-7-10/h3-7,17H,13H2,1-2H3,(H,14,15,16). The zero-order chi connectivity index (χ0) is 14.8. The number of benzene rings is 1. The molecule has 106 valence electrons. The van der Waals surface area contributed by atoms with Gasteiger partial charge in [-0.25, -0.2) is 24.2 Å². The van der Waals surface area contributed by atoms with Gasteiger partial charge in [0, 0.05) is 0 Å². The lowest BCUT2D eigenvalue weighted by molar-refractivity contribution is 0.600. The molecular weight excluding hydrogens is 278 g/mol. The highest BCUT2D eigenvalue weighted by atomic mass is 32.2. The maximum Gasteiger partial charge on any atom is 0.264 e. The van der Waals surface area contributed by atoms with Crippen molar-refractivity contribution in [2.24, 2.45) is 5.84 Å². The second-order valence-corrected chi connectivity index (χ2v) is 5.99. The summed E-state index contributed by atoms with van der Waals surface area (Å²) < 4.78 is 27.0. The average molecular weight is 293 g/mol. The van der Waals surface area contributed by atoms with Crippen molar-refractivity contribution in [3.8, 4) is 0 Å². The van der Waals surface area contributed by atoms with E-state index in [1.165, 1.54) is 12.4 Å². The van der Waals surface area contributed by atoms with Crippen LogP contribution in [0.1, 0.15) is 11.1 Å². The predicted molar refractivity (Wildman–Crippen MR) is 76.6 cm³/mol. The van der Waals surface area contributed by atoms with Gasteiger partial charge in [0.1, 0.15) is 4.90 Å². The number of nitrogens with zero attached hydrogens (tertiary/aromatic N) is 2. The predicted octanol–water partition coefficient (Wildman–Crippen LogP) is 1.18. The van der Waals surface area contributed by atoms with Crippen molar-refractivity contribution in [2.75, 3.05) is 10.1 Å². The average Bonchev–Trinajstić information content (AvgIpc) is 2.43. The Morgan fingerprint density at radius 1 is 1.15 bits per heavy atom. The van der Waals surface area contributed by atoms with Crippen LogP contribution >= 0.6 is 0 Å². The molecule has 8 heteroatoms. The molecule has 20 heavy (non-hydrogen) atoms. The van der Waals surface area contributed by atoms with E-state index < -0.39 is 10.0 Å². The summed E-state index contributed by atoms with van der Waals surface area (Å²) in [5, 5.41) is 0. The van der Waals surface area contributed by atoms with Gasteiger partial charge in [0.05, 0.1) is 18.1 Å². The number of anilines is 2. The Bertz CT molecular complexity index is 713. The van der Waals surface area contributed by atoms with E-state index in [-0.39, 0.29) is 10.8 Å². The zero-order valence-electron chi connectivity index (χ0n) is 11.1. The highest BCUT2D eigenvalue weighted by molar-refractivity contribution is 7.92. The van der Waals surface area contributed by atoms with Crippen LogP contribution in [0.3, 0.4) is 0 Å². The summed E-state index contributed by atoms with van der Waals surface area (Å²) in [6.07, 6.45) is 2.38. The van der Waals surface area contributed by atoms with Crippen LogP contribution in [0.4, 0.5) is 11.6 Å². The van der Waals surface area contributed by atoms with Crippen molar-refractivity contribution in [2.45, 2.75) is 18.7 Å². The molecule has 7 nitrogen and oxygen atoms in total. The Morgan fingerprint density at radius 3 is 2.40 bits per heavy atom. The molecule has 0 aliphatic carbocycles. The molecule has 2 rings (SSSR count). The van der Waals surface area contributed by atoms with Crippen molar-refractivity contribution < 1.29 is 8.42 Å². The molecule has 0 aliphatic heterocycles. The molecule has 0 fully saturated rings. The van der Waals surface area contributed by atoms with Crippen LogP contribution in [0.25, 0.3) is 0 Å². The molecular formula is C12H15N5O2S. The molecule has 0 amide bonds. The minimum atomic E-state index is -3.72. The van der Waals surface area contributed by atoms with Gasteiger partial charge in [0.2, 0.25) is 5.95 Å². The van der Waals surface area contributed by atoms with Crippen molar-refractivity contribution in [1.82, 2.24) is 9.97 Å². The highest BCUT2D eigenvalue weighted by Crippen LogP contribution is 2.20. The summed E-state index contributed by atoms with van der Waals surface area (Å²) in [7, 11) is -3.72. The van der Waals surface area contributed by atoms with Crippen LogP contribution in [-0.2, 0) is 10.0 Å². The monoisotopic (exact) mass is 293 g/mol. The van der Waals surface area contributed by atoms with Crippen LogP contribution in [0.5, 0.6) is 0 Å². The van der Waals surface area contributed by atoms with E-state index in [1.54, 1.807) is 6.07 Å². The van der Waals surface area contributed by atoms with Gasteiger partial charge in [-0.15, -0.1) is 0 Å². The Hall–Kier alpha value is -2.19. The highest BCUT2D eigenvalue weighted by Gasteiger charge is 2.16. The van der Waals surface area contributed by atoms with Crippen LogP contribution < -0.4 is 16.0 Å². The molecule has 0 radical (unpaired) electrons. The van der Waals surface area contributed by atoms with E-state index in [4.69, 9.17) is 5.84 Å². The smallest absolute Gasteiger partial charge is 0.264 e. The summed E-state index contributed by atoms with van der Waals surface area (Å²) >= 11 is 0. The summed E-state index contributed by atoms with van der Waals surface area (Å²) in [6.45, 7) is 3.72. The second-order valence-electron chi connectivity index (χ2n) is 4.31. The van der Waals surface area contributed by atoms with Crippen LogP contribution in [0, 0.1) is 13.8 Å². The summed E-state index contributed by atoms with van der Waals surface area (Å²) in [5.74, 6) is 5.28. The third-order valence-electron chi connectivity index (χ3n) is 2.70. The maximum atomic E-state index is 12.2. The van der Waals surface area contributed by atoms with Gasteiger partial charge < -0.3 is 0 Å². The Balaban J connectivity index is 2.32. The number of aromatic nitrogens is 2. The normalized spacial score (nSPS) is 11.2. The summed E-state index contributed by atoms with van der Waals surface area (Å²) in [4.78, 5) is 7.53. The maximum absolute atomic E-state index is 12.2. The fourth-order valence-corrected chi connectivity index (χ4v) is 2.59. The van der Waals surface area contributed by atoms with Gasteiger partial charge in [-0.05, 0) is 31.0 Å². The van der Waals surface area contributed by atoms with Gasteiger partial charge >= 0.3 is 0 Å². The van der Waals surface area contributed by atoms with E-state index in [0.717, 1.165) is 11.1 Å². The summed E-state index contributed by atoms with van der Waals surface area (Å²) in [5.41, 5.74) is 4.57. The molecule has 1 aromatic heterocycles. The van der Waals surface area contributed by atoms with Gasteiger partial charge in [-0.2, -0.15) is 0 Å². The van der Waals surface area contributed by atoms with Gasteiger partial charge in [-0.1, -0.05) is 12.1 Å². The Labute approximate surface area is 117 Å². The van der Waals surface area contributed by atoms with Crippen LogP contribution in [-0.4, -0.2) is 18.4 Å². The number of hydrogen-bond acceptors (Lipinski definition) is 6. The third-order valence-corrected chi connectivity index (χ3v) is 4.03. The van der Waals surface area contributed by atoms with Gasteiger partial charge in [0.15, 0.2) is 0 Å². The van der Waals surface area contributed by atoms with E-state index in [1.807, 2.05) is 26.0 Å². The number of nitrogens with one attached hydrogen (secondary N) is 2. The Kier molecular flexibility index (Phi) is 3.86. The molecule has 1 aromatic carbocycles. The first kappa shape index (κ1) is 14.2. The number of rotatable bonds is 4. The minimum Gasteiger partial charge on any atom is -0.292 e. The van der Waals surface area contributed by atoms with Gasteiger partial charge in [-0.3, -0.25) is 10.1 Å². The number of nitrogen functional groups attached to an aromatic ring is 1. The van der Waals surface area contributed by atoms with Gasteiger partial charge in [0.25, 0.3) is 10.0 Å². The molecule has 0 atom stereocenters. The first-order valence-electron chi connectivity index (χ1n) is 5.81. The first-order valence-corrected chi connectivity index (χ1v) is 7.29. The van der Waals surface area contributed by atoms with Crippen LogP contribution in [0.2, 0.25) is 0 Å². The lowest BCUT2D eigenvalue weighted by Gasteiger charge is -2.11. The minimum absolute atomic E-state index is 0.0302. The zero-order valence-corrected chi connectivity index (χ0v) is 11.9. The molecule has 0 aliphatic rings. The molecule has 0 spiro atoms. The Morgan fingerprint density at radius 2 is 1.80 bits per heavy atom. The lowest BCUT2D eigenvalue weighted by atomic mass is 10.1. The molecule has 1 heterocycles. The number of aryl methyl sites for hydroxylation is 2. The third kappa shape index (κ3) is 3.03. The van der Waals surface area contributed by atoms with E-state index in [9.17, 15) is 8.42 Å². The van der Waals surface area contributed by atoms with Crippen molar-refractivity contribution in [3.05, 3.63) is 41.7 Å². The summed E-state index contributed by atoms with van der Waals surface area (Å²) in [6, 6.07) is 5.53. The SMILES string of the molecule is Cc1ccc(C)c(NS(=O)(=O)c2cnc(NN)nc2)c1. The number of nitrogens with two attached hydrogens (primary N) is 1. The molecule has 0 unspecified atom stereocenters. The van der Waals surface area contributed by atoms with E-state index in [0.29, 0.717) is 5.69 Å². The molecule has 4 N–H and O–H groups in total. The van der Waals surface area contributed by atoms with Crippen molar-refractivity contribution in [1.29, 1.82) is 0 Å². The second kappa shape index (κ2) is 5.43. The molecule has 2 aromatic rings. The van der Waals surface area contributed by atoms with E-state index >= 15 is 0 Å². The van der Waals surface area contributed by atoms with Crippen LogP contribution in [0.15, 0.2) is 35.5 Å². The number of sulfonamides is 1. The van der Waals surface area contributed by atoms with Crippen molar-refractivity contribution >= 4 is 21.7 Å². The fourth-order valence-electron chi connectivity index (χ4n) is 1.58.